The highest BCUT2D eigenvalue weighted by Gasteiger charge is 2.16. The molecule has 7 heteroatoms. The van der Waals surface area contributed by atoms with E-state index in [-0.39, 0.29) is 21.2 Å². The van der Waals surface area contributed by atoms with Crippen LogP contribution < -0.4 is 10.4 Å². The number of thiophene rings is 1. The van der Waals surface area contributed by atoms with E-state index in [4.69, 9.17) is 23.2 Å². The number of nitrogens with one attached hydrogen (secondary N) is 1. The van der Waals surface area contributed by atoms with Crippen LogP contribution in [0.15, 0.2) is 23.6 Å². The van der Waals surface area contributed by atoms with E-state index in [1.54, 1.807) is 12.3 Å². The first-order valence-corrected chi connectivity index (χ1v) is 7.09. The van der Waals surface area contributed by atoms with Crippen LogP contribution in [0.25, 0.3) is 0 Å². The third kappa shape index (κ3) is 2.95. The number of amides is 1. The van der Waals surface area contributed by atoms with E-state index < -0.39 is 11.9 Å². The van der Waals surface area contributed by atoms with Gasteiger partial charge < -0.3 is 15.2 Å². The number of anilines is 1. The normalized spacial score (nSPS) is 10.3. The quantitative estimate of drug-likeness (QED) is 0.941. The summed E-state index contributed by atoms with van der Waals surface area (Å²) in [5, 5.41) is 15.7. The standard InChI is InChI=1S/C13H9Cl2NO3S/c1-6-5-20-11(13(18)19)10(6)16-12(17)8-3-2-7(14)4-9(8)15/h2-5H,1H3,(H,16,17)(H,18,19)/p-1. The van der Waals surface area contributed by atoms with Crippen LogP contribution >= 0.6 is 34.5 Å². The summed E-state index contributed by atoms with van der Waals surface area (Å²) in [6.07, 6.45) is 0. The molecule has 0 saturated carbocycles. The van der Waals surface area contributed by atoms with E-state index >= 15 is 0 Å². The predicted octanol–water partition coefficient (Wildman–Crippen LogP) is 2.98. The van der Waals surface area contributed by atoms with Crippen molar-refractivity contribution in [2.24, 2.45) is 0 Å². The zero-order chi connectivity index (χ0) is 14.9. The summed E-state index contributed by atoms with van der Waals surface area (Å²) in [6.45, 7) is 1.70. The molecule has 4 nitrogen and oxygen atoms in total. The number of carbonyl (C=O) groups excluding carboxylic acids is 2. The Morgan fingerprint density at radius 2 is 2.00 bits per heavy atom. The summed E-state index contributed by atoms with van der Waals surface area (Å²) in [5.41, 5.74) is 1.09. The Balaban J connectivity index is 2.33. The van der Waals surface area contributed by atoms with Crippen LogP contribution in [0, 0.1) is 6.92 Å². The van der Waals surface area contributed by atoms with Gasteiger partial charge in [-0.05, 0) is 36.1 Å². The second-order valence-electron chi connectivity index (χ2n) is 3.99. The molecule has 1 N–H and O–H groups in total. The molecule has 0 unspecified atom stereocenters. The van der Waals surface area contributed by atoms with E-state index in [1.807, 2.05) is 0 Å². The number of benzene rings is 1. The molecule has 1 heterocycles. The lowest BCUT2D eigenvalue weighted by molar-refractivity contribution is -0.254. The third-order valence-electron chi connectivity index (χ3n) is 2.57. The summed E-state index contributed by atoms with van der Waals surface area (Å²) in [7, 11) is 0. The number of carbonyl (C=O) groups is 2. The Morgan fingerprint density at radius 3 is 2.60 bits per heavy atom. The van der Waals surface area contributed by atoms with Crippen LogP contribution in [0.3, 0.4) is 0 Å². The van der Waals surface area contributed by atoms with Crippen molar-refractivity contribution in [2.45, 2.75) is 6.92 Å². The van der Waals surface area contributed by atoms with Crippen LogP contribution in [-0.2, 0) is 0 Å². The van der Waals surface area contributed by atoms with Crippen molar-refractivity contribution in [2.75, 3.05) is 5.32 Å². The second-order valence-corrected chi connectivity index (χ2v) is 5.71. The summed E-state index contributed by atoms with van der Waals surface area (Å²) < 4.78 is 0. The van der Waals surface area contributed by atoms with Crippen molar-refractivity contribution >= 4 is 52.1 Å². The summed E-state index contributed by atoms with van der Waals surface area (Å²) in [4.78, 5) is 23.1. The molecule has 2 rings (SSSR count). The minimum atomic E-state index is -1.33. The molecule has 20 heavy (non-hydrogen) atoms. The molecule has 1 aromatic heterocycles. The number of carboxylic acid groups (broad SMARTS) is 1. The first-order chi connectivity index (χ1) is 9.40. The summed E-state index contributed by atoms with van der Waals surface area (Å²) in [6, 6.07) is 4.45. The minimum absolute atomic E-state index is 0.0269. The molecular formula is C13H8Cl2NO3S-. The number of carboxylic acids is 1. The van der Waals surface area contributed by atoms with E-state index in [9.17, 15) is 14.7 Å². The van der Waals surface area contributed by atoms with Gasteiger partial charge in [-0.15, -0.1) is 11.3 Å². The van der Waals surface area contributed by atoms with Gasteiger partial charge in [0, 0.05) is 5.02 Å². The molecule has 0 aliphatic rings. The highest BCUT2D eigenvalue weighted by molar-refractivity contribution is 7.12. The topological polar surface area (TPSA) is 69.2 Å². The van der Waals surface area contributed by atoms with E-state index in [0.717, 1.165) is 11.3 Å². The molecule has 0 fully saturated rings. The molecule has 0 bridgehead atoms. The fraction of sp³-hybridized carbons (Fsp3) is 0.0769. The zero-order valence-corrected chi connectivity index (χ0v) is 12.5. The van der Waals surface area contributed by atoms with Gasteiger partial charge in [-0.25, -0.2) is 0 Å². The molecule has 1 amide bonds. The van der Waals surface area contributed by atoms with Crippen molar-refractivity contribution < 1.29 is 14.7 Å². The largest absolute Gasteiger partial charge is 0.544 e. The Hall–Kier alpha value is -1.56. The molecule has 1 aromatic carbocycles. The lowest BCUT2D eigenvalue weighted by Gasteiger charge is -2.10. The number of halogens is 2. The maximum atomic E-state index is 12.1. The number of rotatable bonds is 3. The van der Waals surface area contributed by atoms with Gasteiger partial charge in [0.05, 0.1) is 27.1 Å². The Bertz CT molecular complexity index is 697. The van der Waals surface area contributed by atoms with Crippen LogP contribution in [0.2, 0.25) is 10.0 Å². The first-order valence-electron chi connectivity index (χ1n) is 5.46. The second kappa shape index (κ2) is 5.83. The molecule has 104 valence electrons. The maximum absolute atomic E-state index is 12.1. The Kier molecular flexibility index (Phi) is 4.32. The van der Waals surface area contributed by atoms with Gasteiger partial charge in [0.1, 0.15) is 0 Å². The van der Waals surface area contributed by atoms with Gasteiger partial charge in [0.2, 0.25) is 0 Å². The van der Waals surface area contributed by atoms with Crippen LogP contribution in [-0.4, -0.2) is 11.9 Å². The Labute approximate surface area is 128 Å². The molecular weight excluding hydrogens is 321 g/mol. The van der Waals surface area contributed by atoms with Crippen LogP contribution in [0.1, 0.15) is 25.6 Å². The monoisotopic (exact) mass is 328 g/mol. The van der Waals surface area contributed by atoms with Gasteiger partial charge in [-0.1, -0.05) is 23.2 Å². The van der Waals surface area contributed by atoms with Crippen molar-refractivity contribution in [3.05, 3.63) is 49.6 Å². The molecule has 0 atom stereocenters. The van der Waals surface area contributed by atoms with Crippen molar-refractivity contribution in [1.29, 1.82) is 0 Å². The van der Waals surface area contributed by atoms with Gasteiger partial charge >= 0.3 is 0 Å². The molecule has 0 aliphatic carbocycles. The van der Waals surface area contributed by atoms with Crippen molar-refractivity contribution in [3.8, 4) is 0 Å². The number of hydrogen-bond acceptors (Lipinski definition) is 4. The highest BCUT2D eigenvalue weighted by atomic mass is 35.5. The summed E-state index contributed by atoms with van der Waals surface area (Å²) in [5.74, 6) is -1.84. The van der Waals surface area contributed by atoms with E-state index in [2.05, 4.69) is 5.32 Å². The van der Waals surface area contributed by atoms with E-state index in [1.165, 1.54) is 18.2 Å². The van der Waals surface area contributed by atoms with Crippen molar-refractivity contribution in [3.63, 3.8) is 0 Å². The first kappa shape index (κ1) is 14.8. The zero-order valence-electron chi connectivity index (χ0n) is 10.2. The molecule has 0 spiro atoms. The molecule has 0 saturated heterocycles. The maximum Gasteiger partial charge on any atom is 0.257 e. The van der Waals surface area contributed by atoms with E-state index in [0.29, 0.717) is 10.6 Å². The van der Waals surface area contributed by atoms with Crippen molar-refractivity contribution in [1.82, 2.24) is 0 Å². The fourth-order valence-corrected chi connectivity index (χ4v) is 2.94. The number of hydrogen-bond donors (Lipinski definition) is 1. The van der Waals surface area contributed by atoms with Crippen LogP contribution in [0.5, 0.6) is 0 Å². The van der Waals surface area contributed by atoms with Gasteiger partial charge in [0.25, 0.3) is 5.91 Å². The minimum Gasteiger partial charge on any atom is -0.544 e. The molecule has 0 aliphatic heterocycles. The van der Waals surface area contributed by atoms with Gasteiger partial charge in [-0.3, -0.25) is 4.79 Å². The Morgan fingerprint density at radius 1 is 1.30 bits per heavy atom. The molecule has 2 aromatic rings. The smallest absolute Gasteiger partial charge is 0.257 e. The predicted molar refractivity (Wildman–Crippen MR) is 77.8 cm³/mol. The number of aromatic carboxylic acids is 1. The number of aryl methyl sites for hydroxylation is 1. The summed E-state index contributed by atoms with van der Waals surface area (Å²) >= 11 is 12.7. The van der Waals surface area contributed by atoms with Gasteiger partial charge in [0.15, 0.2) is 0 Å². The SMILES string of the molecule is Cc1csc(C(=O)[O-])c1NC(=O)c1ccc(Cl)cc1Cl. The highest BCUT2D eigenvalue weighted by Crippen LogP contribution is 2.28. The average Bonchev–Trinajstić information content (AvgIpc) is 2.71. The lowest BCUT2D eigenvalue weighted by Crippen LogP contribution is -2.23. The fourth-order valence-electron chi connectivity index (χ4n) is 1.60. The third-order valence-corrected chi connectivity index (χ3v) is 4.20. The lowest BCUT2D eigenvalue weighted by atomic mass is 10.2. The average molecular weight is 329 g/mol. The van der Waals surface area contributed by atoms with Crippen LogP contribution in [0.4, 0.5) is 5.69 Å². The van der Waals surface area contributed by atoms with Gasteiger partial charge in [-0.2, -0.15) is 0 Å². The molecule has 0 radical (unpaired) electrons.